The zero-order valence-corrected chi connectivity index (χ0v) is 22.9. The number of amides is 2. The van der Waals surface area contributed by atoms with Gasteiger partial charge in [0, 0.05) is 21.9 Å². The summed E-state index contributed by atoms with van der Waals surface area (Å²) >= 11 is 3.91. The van der Waals surface area contributed by atoms with Crippen LogP contribution in [0.3, 0.4) is 0 Å². The fourth-order valence-electron chi connectivity index (χ4n) is 3.39. The van der Waals surface area contributed by atoms with Gasteiger partial charge in [-0.2, -0.15) is 0 Å². The summed E-state index contributed by atoms with van der Waals surface area (Å²) < 4.78 is 7.10. The van der Waals surface area contributed by atoms with Crippen LogP contribution in [0.4, 0.5) is 5.00 Å². The maximum absolute atomic E-state index is 12.8. The molecule has 0 aliphatic heterocycles. The topological polar surface area (TPSA) is 129 Å². The maximum atomic E-state index is 12.8. The molecule has 3 rings (SSSR count). The summed E-state index contributed by atoms with van der Waals surface area (Å²) in [4.78, 5) is 38.5. The molecule has 188 valence electrons. The fraction of sp³-hybridized carbons (Fsp3) is 0.435. The van der Waals surface area contributed by atoms with E-state index in [1.807, 2.05) is 18.4 Å². The summed E-state index contributed by atoms with van der Waals surface area (Å²) in [6.07, 6.45) is 0. The number of thiophene rings is 2. The van der Waals surface area contributed by atoms with Crippen LogP contribution in [0, 0.1) is 6.92 Å². The van der Waals surface area contributed by atoms with Crippen LogP contribution >= 0.6 is 34.4 Å². The highest BCUT2D eigenvalue weighted by Gasteiger charge is 2.26. The average molecular weight is 536 g/mol. The van der Waals surface area contributed by atoms with Gasteiger partial charge in [0.05, 0.1) is 22.8 Å². The van der Waals surface area contributed by atoms with E-state index >= 15 is 0 Å². The smallest absolute Gasteiger partial charge is 0.341 e. The molecule has 0 aromatic carbocycles. The lowest BCUT2D eigenvalue weighted by Crippen LogP contribution is -2.17. The van der Waals surface area contributed by atoms with Gasteiger partial charge in [-0.15, -0.1) is 32.9 Å². The number of carbonyl (C=O) groups is 3. The molecule has 3 aromatic heterocycles. The fourth-order valence-corrected chi connectivity index (χ4v) is 6.22. The molecule has 0 aliphatic rings. The molecule has 0 atom stereocenters. The summed E-state index contributed by atoms with van der Waals surface area (Å²) in [5.74, 6) is -0.406. The molecular formula is C23H29N5O4S3. The molecule has 35 heavy (non-hydrogen) atoms. The Morgan fingerprint density at radius 2 is 1.94 bits per heavy atom. The number of anilines is 1. The second-order valence-corrected chi connectivity index (χ2v) is 11.3. The molecule has 3 heterocycles. The number of nitrogens with zero attached hydrogens (tertiary/aromatic N) is 3. The number of nitrogens with one attached hydrogen (secondary N) is 1. The number of ether oxygens (including phenoxy) is 1. The van der Waals surface area contributed by atoms with Gasteiger partial charge in [0.25, 0.3) is 5.91 Å². The van der Waals surface area contributed by atoms with E-state index in [1.165, 1.54) is 16.6 Å². The molecule has 0 fully saturated rings. The average Bonchev–Trinajstić information content (AvgIpc) is 3.49. The highest BCUT2D eigenvalue weighted by molar-refractivity contribution is 7.99. The van der Waals surface area contributed by atoms with E-state index in [-0.39, 0.29) is 39.8 Å². The quantitative estimate of drug-likeness (QED) is 0.273. The Labute approximate surface area is 216 Å². The normalized spacial score (nSPS) is 11.3. The minimum absolute atomic E-state index is 0.0385. The predicted molar refractivity (Wildman–Crippen MR) is 141 cm³/mol. The molecule has 12 heteroatoms. The van der Waals surface area contributed by atoms with Crippen molar-refractivity contribution in [1.29, 1.82) is 0 Å². The first-order valence-corrected chi connectivity index (χ1v) is 13.8. The van der Waals surface area contributed by atoms with Gasteiger partial charge in [-0.3, -0.25) is 14.2 Å². The summed E-state index contributed by atoms with van der Waals surface area (Å²) in [5, 5.41) is 14.4. The molecule has 3 N–H and O–H groups in total. The highest BCUT2D eigenvalue weighted by Crippen LogP contribution is 2.35. The monoisotopic (exact) mass is 535 g/mol. The summed E-state index contributed by atoms with van der Waals surface area (Å²) in [7, 11) is 0. The number of carbonyl (C=O) groups excluding carboxylic acids is 3. The van der Waals surface area contributed by atoms with Crippen molar-refractivity contribution in [3.8, 4) is 11.4 Å². The van der Waals surface area contributed by atoms with E-state index in [0.717, 1.165) is 22.7 Å². The van der Waals surface area contributed by atoms with Gasteiger partial charge < -0.3 is 15.8 Å². The van der Waals surface area contributed by atoms with Crippen LogP contribution in [0.1, 0.15) is 77.0 Å². The number of hydrogen-bond donors (Lipinski definition) is 2. The Morgan fingerprint density at radius 3 is 2.51 bits per heavy atom. The minimum Gasteiger partial charge on any atom is -0.462 e. The molecule has 0 saturated carbocycles. The number of rotatable bonds is 10. The van der Waals surface area contributed by atoms with Crippen LogP contribution in [-0.4, -0.2) is 44.9 Å². The molecule has 0 radical (unpaired) electrons. The lowest BCUT2D eigenvalue weighted by atomic mass is 10.1. The molecule has 0 aliphatic carbocycles. The second-order valence-electron chi connectivity index (χ2n) is 8.34. The first kappa shape index (κ1) is 26.9. The SMILES string of the molecule is CCOC(=O)c1c(NC(=O)CSc2nnc(-c3csc(C(C)C)c3)n2C(C)C)sc(C(N)=O)c1C. The van der Waals surface area contributed by atoms with E-state index in [2.05, 4.69) is 40.8 Å². The molecule has 2 amide bonds. The van der Waals surface area contributed by atoms with Gasteiger partial charge in [0.2, 0.25) is 5.91 Å². The number of primary amides is 1. The zero-order chi connectivity index (χ0) is 25.9. The Morgan fingerprint density at radius 1 is 1.23 bits per heavy atom. The first-order valence-electron chi connectivity index (χ1n) is 11.1. The van der Waals surface area contributed by atoms with Gasteiger partial charge in [-0.1, -0.05) is 25.6 Å². The summed E-state index contributed by atoms with van der Waals surface area (Å²) in [6, 6.07) is 2.22. The molecule has 0 spiro atoms. The first-order chi connectivity index (χ1) is 16.5. The molecule has 0 unspecified atom stereocenters. The highest BCUT2D eigenvalue weighted by atomic mass is 32.2. The van der Waals surface area contributed by atoms with Crippen molar-refractivity contribution in [1.82, 2.24) is 14.8 Å². The number of nitrogens with two attached hydrogens (primary N) is 1. The van der Waals surface area contributed by atoms with Gasteiger partial charge >= 0.3 is 5.97 Å². The standard InChI is InChI=1S/C23H29N5O4S3/c1-7-32-22(31)17-13(6)18(19(24)30)35-21(17)25-16(29)10-34-23-27-26-20(28(23)12(4)5)14-8-15(11(2)3)33-9-14/h8-9,11-12H,7,10H2,1-6H3,(H2,24,30)(H,25,29). The van der Waals surface area contributed by atoms with Crippen molar-refractivity contribution in [2.24, 2.45) is 5.73 Å². The minimum atomic E-state index is -0.667. The third kappa shape index (κ3) is 5.93. The number of thioether (sulfide) groups is 1. The molecular weight excluding hydrogens is 506 g/mol. The summed E-state index contributed by atoms with van der Waals surface area (Å²) in [5.41, 5.74) is 6.98. The van der Waals surface area contributed by atoms with E-state index in [0.29, 0.717) is 16.6 Å². The van der Waals surface area contributed by atoms with Gasteiger partial charge in [-0.05, 0) is 45.2 Å². The Hall–Kier alpha value is -2.70. The number of aromatic nitrogens is 3. The Kier molecular flexibility index (Phi) is 8.73. The molecule has 0 saturated heterocycles. The van der Waals surface area contributed by atoms with Crippen molar-refractivity contribution in [3.05, 3.63) is 32.3 Å². The maximum Gasteiger partial charge on any atom is 0.341 e. The largest absolute Gasteiger partial charge is 0.462 e. The summed E-state index contributed by atoms with van der Waals surface area (Å²) in [6.45, 7) is 11.8. The van der Waals surface area contributed by atoms with Crippen molar-refractivity contribution in [2.75, 3.05) is 17.7 Å². The van der Waals surface area contributed by atoms with Crippen LogP contribution in [-0.2, 0) is 9.53 Å². The number of hydrogen-bond acceptors (Lipinski definition) is 9. The third-order valence-corrected chi connectivity index (χ3v) is 8.46. The van der Waals surface area contributed by atoms with E-state index in [1.54, 1.807) is 25.2 Å². The van der Waals surface area contributed by atoms with Crippen LogP contribution in [0.5, 0.6) is 0 Å². The van der Waals surface area contributed by atoms with Gasteiger partial charge in [0.1, 0.15) is 5.00 Å². The molecule has 3 aromatic rings. The van der Waals surface area contributed by atoms with Crippen molar-refractivity contribution in [3.63, 3.8) is 0 Å². The van der Waals surface area contributed by atoms with E-state index < -0.39 is 11.9 Å². The third-order valence-electron chi connectivity index (χ3n) is 5.06. The van der Waals surface area contributed by atoms with Crippen molar-refractivity contribution < 1.29 is 19.1 Å². The van der Waals surface area contributed by atoms with Crippen LogP contribution in [0.25, 0.3) is 11.4 Å². The van der Waals surface area contributed by atoms with E-state index in [9.17, 15) is 14.4 Å². The van der Waals surface area contributed by atoms with Crippen LogP contribution in [0.2, 0.25) is 0 Å². The van der Waals surface area contributed by atoms with E-state index in [4.69, 9.17) is 10.5 Å². The molecule has 9 nitrogen and oxygen atoms in total. The van der Waals surface area contributed by atoms with Crippen molar-refractivity contribution in [2.45, 2.75) is 58.7 Å². The van der Waals surface area contributed by atoms with Crippen molar-refractivity contribution >= 4 is 57.2 Å². The number of esters is 1. The second kappa shape index (κ2) is 11.4. The van der Waals surface area contributed by atoms with Crippen LogP contribution < -0.4 is 11.1 Å². The lowest BCUT2D eigenvalue weighted by Gasteiger charge is -2.13. The predicted octanol–water partition coefficient (Wildman–Crippen LogP) is 5.09. The lowest BCUT2D eigenvalue weighted by molar-refractivity contribution is -0.113. The Balaban J connectivity index is 1.79. The Bertz CT molecular complexity index is 1240. The molecule has 0 bridgehead atoms. The van der Waals surface area contributed by atoms with Gasteiger partial charge in [0.15, 0.2) is 11.0 Å². The van der Waals surface area contributed by atoms with Crippen LogP contribution in [0.15, 0.2) is 16.6 Å². The van der Waals surface area contributed by atoms with Gasteiger partial charge in [-0.25, -0.2) is 4.79 Å². The zero-order valence-electron chi connectivity index (χ0n) is 20.5.